The zero-order chi connectivity index (χ0) is 15.6. The molecule has 0 aliphatic rings. The molecular formula is C11H18F3NO4. The average Bonchev–Trinajstić information content (AvgIpc) is 2.33. The number of carbonyl (C=O) groups excluding carboxylic acids is 1. The molecule has 0 radical (unpaired) electrons. The van der Waals surface area contributed by atoms with Crippen LogP contribution in [-0.4, -0.2) is 36.4 Å². The number of halogens is 3. The topological polar surface area (TPSA) is 89.6 Å². The zero-order valence-electron chi connectivity index (χ0n) is 10.9. The van der Waals surface area contributed by atoms with Crippen LogP contribution in [0.4, 0.5) is 13.2 Å². The molecule has 0 aromatic heterocycles. The molecule has 0 saturated carbocycles. The van der Waals surface area contributed by atoms with E-state index in [1.54, 1.807) is 6.08 Å². The lowest BCUT2D eigenvalue weighted by atomic mass is 10.00. The molecule has 0 saturated heterocycles. The van der Waals surface area contributed by atoms with Crippen LogP contribution >= 0.6 is 0 Å². The normalized spacial score (nSPS) is 14.3. The van der Waals surface area contributed by atoms with E-state index >= 15 is 0 Å². The number of hydrogen-bond donors (Lipinski definition) is 2. The van der Waals surface area contributed by atoms with Gasteiger partial charge in [-0.1, -0.05) is 26.3 Å². The third kappa shape index (κ3) is 11.3. The number of hydrogen-bond acceptors (Lipinski definition) is 4. The molecule has 0 aromatic carbocycles. The Morgan fingerprint density at radius 1 is 1.42 bits per heavy atom. The number of carbonyl (C=O) groups is 2. The lowest BCUT2D eigenvalue weighted by Crippen LogP contribution is -2.25. The Morgan fingerprint density at radius 2 is 1.84 bits per heavy atom. The van der Waals surface area contributed by atoms with Gasteiger partial charge in [-0.05, 0) is 5.92 Å². The Bertz CT molecular complexity index is 316. The molecule has 0 heterocycles. The first kappa shape index (κ1) is 19.8. The van der Waals surface area contributed by atoms with Crippen molar-refractivity contribution < 1.29 is 32.6 Å². The van der Waals surface area contributed by atoms with E-state index in [1.807, 2.05) is 6.92 Å². The van der Waals surface area contributed by atoms with Crippen LogP contribution in [0.15, 0.2) is 12.2 Å². The minimum Gasteiger partial charge on any atom is -0.475 e. The number of esters is 1. The summed E-state index contributed by atoms with van der Waals surface area (Å²) in [6, 6.07) is -0.0610. The van der Waals surface area contributed by atoms with Crippen molar-refractivity contribution >= 4 is 11.9 Å². The van der Waals surface area contributed by atoms with Crippen molar-refractivity contribution in [1.29, 1.82) is 0 Å². The third-order valence-corrected chi connectivity index (χ3v) is 2.20. The number of aliphatic carboxylic acids is 1. The van der Waals surface area contributed by atoms with Gasteiger partial charge in [-0.3, -0.25) is 0 Å². The molecule has 0 spiro atoms. The van der Waals surface area contributed by atoms with Crippen LogP contribution in [0.1, 0.15) is 20.3 Å². The number of carboxylic acid groups (broad SMARTS) is 1. The number of alkyl halides is 3. The van der Waals surface area contributed by atoms with Gasteiger partial charge in [0, 0.05) is 12.1 Å². The Kier molecular flexibility index (Phi) is 9.75. The van der Waals surface area contributed by atoms with Gasteiger partial charge in [0.2, 0.25) is 0 Å². The molecule has 112 valence electrons. The smallest absolute Gasteiger partial charge is 0.475 e. The number of rotatable bonds is 4. The van der Waals surface area contributed by atoms with Crippen molar-refractivity contribution in [3.8, 4) is 0 Å². The molecule has 0 unspecified atom stereocenters. The highest BCUT2D eigenvalue weighted by atomic mass is 19.4. The summed E-state index contributed by atoms with van der Waals surface area (Å²) in [4.78, 5) is 19.6. The largest absolute Gasteiger partial charge is 0.490 e. The van der Waals surface area contributed by atoms with Crippen LogP contribution in [0.25, 0.3) is 0 Å². The quantitative estimate of drug-likeness (QED) is 0.606. The van der Waals surface area contributed by atoms with E-state index in [0.717, 1.165) is 6.42 Å². The van der Waals surface area contributed by atoms with Gasteiger partial charge < -0.3 is 15.6 Å². The van der Waals surface area contributed by atoms with Crippen molar-refractivity contribution in [2.75, 3.05) is 7.11 Å². The molecule has 0 aliphatic carbocycles. The predicted molar refractivity (Wildman–Crippen MR) is 62.3 cm³/mol. The highest BCUT2D eigenvalue weighted by Crippen LogP contribution is 2.13. The van der Waals surface area contributed by atoms with E-state index in [-0.39, 0.29) is 12.0 Å². The summed E-state index contributed by atoms with van der Waals surface area (Å²) in [5.41, 5.74) is 5.74. The highest BCUT2D eigenvalue weighted by molar-refractivity contribution is 5.81. The molecule has 0 aromatic rings. The first-order valence-electron chi connectivity index (χ1n) is 5.38. The van der Waals surface area contributed by atoms with Crippen molar-refractivity contribution in [3.05, 3.63) is 12.2 Å². The van der Waals surface area contributed by atoms with Crippen molar-refractivity contribution in [3.63, 3.8) is 0 Å². The number of methoxy groups -OCH3 is 1. The first-order valence-corrected chi connectivity index (χ1v) is 5.38. The summed E-state index contributed by atoms with van der Waals surface area (Å²) < 4.78 is 36.2. The second-order valence-corrected chi connectivity index (χ2v) is 3.65. The van der Waals surface area contributed by atoms with Gasteiger partial charge in [0.15, 0.2) is 0 Å². The van der Waals surface area contributed by atoms with Crippen molar-refractivity contribution in [2.45, 2.75) is 32.5 Å². The van der Waals surface area contributed by atoms with E-state index in [2.05, 4.69) is 11.7 Å². The summed E-state index contributed by atoms with van der Waals surface area (Å²) in [6.07, 6.45) is -1.02. The van der Waals surface area contributed by atoms with Gasteiger partial charge in [0.25, 0.3) is 0 Å². The molecule has 3 N–H and O–H groups in total. The molecular weight excluding hydrogens is 267 g/mol. The summed E-state index contributed by atoms with van der Waals surface area (Å²) in [5, 5.41) is 7.12. The highest BCUT2D eigenvalue weighted by Gasteiger charge is 2.38. The fraction of sp³-hybridized carbons (Fsp3) is 0.636. The Hall–Kier alpha value is -1.57. The maximum absolute atomic E-state index is 10.7. The van der Waals surface area contributed by atoms with Crippen LogP contribution in [0.5, 0.6) is 0 Å². The fourth-order valence-corrected chi connectivity index (χ4v) is 0.720. The van der Waals surface area contributed by atoms with Crippen LogP contribution in [0, 0.1) is 5.92 Å². The maximum Gasteiger partial charge on any atom is 0.490 e. The van der Waals surface area contributed by atoms with E-state index < -0.39 is 12.1 Å². The molecule has 2 atom stereocenters. The monoisotopic (exact) mass is 285 g/mol. The van der Waals surface area contributed by atoms with E-state index in [0.29, 0.717) is 5.92 Å². The summed E-state index contributed by atoms with van der Waals surface area (Å²) in [5.74, 6) is -2.72. The third-order valence-electron chi connectivity index (χ3n) is 2.20. The van der Waals surface area contributed by atoms with Crippen LogP contribution < -0.4 is 5.73 Å². The van der Waals surface area contributed by atoms with Crippen molar-refractivity contribution in [2.24, 2.45) is 11.7 Å². The van der Waals surface area contributed by atoms with E-state index in [1.165, 1.54) is 13.2 Å². The van der Waals surface area contributed by atoms with Gasteiger partial charge in [-0.25, -0.2) is 9.59 Å². The summed E-state index contributed by atoms with van der Waals surface area (Å²) >= 11 is 0. The van der Waals surface area contributed by atoms with Gasteiger partial charge in [-0.2, -0.15) is 13.2 Å². The zero-order valence-corrected chi connectivity index (χ0v) is 10.9. The van der Waals surface area contributed by atoms with Gasteiger partial charge >= 0.3 is 18.1 Å². The second kappa shape index (κ2) is 9.37. The summed E-state index contributed by atoms with van der Waals surface area (Å²) in [6.45, 7) is 4.11. The maximum atomic E-state index is 10.7. The molecule has 0 aliphatic heterocycles. The summed E-state index contributed by atoms with van der Waals surface area (Å²) in [7, 11) is 1.35. The Balaban J connectivity index is 0. The molecule has 5 nitrogen and oxygen atoms in total. The Labute approximate surface area is 109 Å². The standard InChI is InChI=1S/C9H17NO2.C2HF3O2/c1-4-7(2)8(10)5-6-9(11)12-3;3-2(4,5)1(6)7/h5-8H,4,10H2,1-3H3;(H,6,7)/b6-5+;/t7-,8+;/m0./s1. The van der Waals surface area contributed by atoms with Gasteiger partial charge in [0.05, 0.1) is 7.11 Å². The molecule has 8 heteroatoms. The van der Waals surface area contributed by atoms with Crippen LogP contribution in [0.3, 0.4) is 0 Å². The molecule has 0 rings (SSSR count). The van der Waals surface area contributed by atoms with Crippen LogP contribution in [0.2, 0.25) is 0 Å². The Morgan fingerprint density at radius 3 is 2.11 bits per heavy atom. The lowest BCUT2D eigenvalue weighted by Gasteiger charge is -2.13. The lowest BCUT2D eigenvalue weighted by molar-refractivity contribution is -0.192. The first-order chi connectivity index (χ1) is 8.56. The molecule has 0 amide bonds. The minimum atomic E-state index is -5.08. The minimum absolute atomic E-state index is 0.0610. The second-order valence-electron chi connectivity index (χ2n) is 3.65. The number of ether oxygens (including phenoxy) is 1. The number of nitrogens with two attached hydrogens (primary N) is 1. The average molecular weight is 285 g/mol. The fourth-order valence-electron chi connectivity index (χ4n) is 0.720. The molecule has 19 heavy (non-hydrogen) atoms. The molecule has 0 fully saturated rings. The van der Waals surface area contributed by atoms with Crippen molar-refractivity contribution in [1.82, 2.24) is 0 Å². The van der Waals surface area contributed by atoms with E-state index in [9.17, 15) is 18.0 Å². The van der Waals surface area contributed by atoms with E-state index in [4.69, 9.17) is 15.6 Å². The van der Waals surface area contributed by atoms with Gasteiger partial charge in [-0.15, -0.1) is 0 Å². The van der Waals surface area contributed by atoms with Gasteiger partial charge in [0.1, 0.15) is 0 Å². The molecule has 0 bridgehead atoms. The SMILES string of the molecule is CC[C@H](C)[C@H](N)/C=C/C(=O)OC.O=C(O)C(F)(F)F. The van der Waals surface area contributed by atoms with Crippen LogP contribution in [-0.2, 0) is 14.3 Å². The predicted octanol–water partition coefficient (Wildman–Crippen LogP) is 1.72. The number of carboxylic acids is 1.